The fourth-order valence-corrected chi connectivity index (χ4v) is 1.90. The van der Waals surface area contributed by atoms with Crippen LogP contribution in [-0.4, -0.2) is 11.7 Å². The van der Waals surface area contributed by atoms with Crippen molar-refractivity contribution in [1.29, 1.82) is 0 Å². The number of nitrogens with two attached hydrogens (primary N) is 1. The van der Waals surface area contributed by atoms with Gasteiger partial charge in [0, 0.05) is 23.0 Å². The first-order valence-corrected chi connectivity index (χ1v) is 5.60. The fraction of sp³-hybridized carbons (Fsp3) is 0.455. The van der Waals surface area contributed by atoms with E-state index in [-0.39, 0.29) is 18.6 Å². The number of rotatable bonds is 4. The zero-order valence-corrected chi connectivity index (χ0v) is 9.87. The van der Waals surface area contributed by atoms with Gasteiger partial charge in [-0.25, -0.2) is 0 Å². The summed E-state index contributed by atoms with van der Waals surface area (Å²) in [5, 5.41) is 9.14. The summed E-state index contributed by atoms with van der Waals surface area (Å²) in [4.78, 5) is 0. The van der Waals surface area contributed by atoms with Gasteiger partial charge in [-0.1, -0.05) is 35.0 Å². The van der Waals surface area contributed by atoms with Crippen LogP contribution in [0.4, 0.5) is 0 Å². The summed E-state index contributed by atoms with van der Waals surface area (Å²) in [6.07, 6.45) is 0.893. The second kappa shape index (κ2) is 5.49. The van der Waals surface area contributed by atoms with Crippen molar-refractivity contribution in [3.05, 3.63) is 34.3 Å². The number of hydrogen-bond donors (Lipinski definition) is 2. The van der Waals surface area contributed by atoms with Crippen LogP contribution < -0.4 is 5.73 Å². The Bertz CT molecular complexity index is 286. The molecular weight excluding hydrogens is 242 g/mol. The first-order valence-electron chi connectivity index (χ1n) is 4.81. The summed E-state index contributed by atoms with van der Waals surface area (Å²) in [5.74, 6) is 0.143. The first kappa shape index (κ1) is 11.7. The van der Waals surface area contributed by atoms with Gasteiger partial charge < -0.3 is 10.8 Å². The van der Waals surface area contributed by atoms with Crippen molar-refractivity contribution < 1.29 is 5.11 Å². The number of benzene rings is 1. The average molecular weight is 258 g/mol. The van der Waals surface area contributed by atoms with Gasteiger partial charge >= 0.3 is 0 Å². The summed E-state index contributed by atoms with van der Waals surface area (Å²) >= 11 is 3.41. The number of aliphatic hydroxyl groups is 1. The molecule has 2 atom stereocenters. The van der Waals surface area contributed by atoms with Crippen molar-refractivity contribution in [2.45, 2.75) is 19.4 Å². The van der Waals surface area contributed by atoms with Crippen LogP contribution in [0.3, 0.4) is 0 Å². The molecule has 0 saturated carbocycles. The van der Waals surface area contributed by atoms with E-state index in [0.29, 0.717) is 0 Å². The maximum absolute atomic E-state index is 9.14. The number of hydrogen-bond acceptors (Lipinski definition) is 2. The van der Waals surface area contributed by atoms with E-state index < -0.39 is 0 Å². The lowest BCUT2D eigenvalue weighted by atomic mass is 9.92. The topological polar surface area (TPSA) is 46.2 Å². The Morgan fingerprint density at radius 1 is 1.50 bits per heavy atom. The van der Waals surface area contributed by atoms with E-state index >= 15 is 0 Å². The smallest absolute Gasteiger partial charge is 0.0477 e. The lowest BCUT2D eigenvalue weighted by Gasteiger charge is -2.20. The maximum atomic E-state index is 9.14. The molecule has 0 aliphatic carbocycles. The molecule has 0 saturated heterocycles. The molecule has 0 radical (unpaired) electrons. The second-order valence-electron chi connectivity index (χ2n) is 3.43. The lowest BCUT2D eigenvalue weighted by molar-refractivity contribution is 0.200. The summed E-state index contributed by atoms with van der Waals surface area (Å²) in [5.41, 5.74) is 7.12. The van der Waals surface area contributed by atoms with Crippen LogP contribution >= 0.6 is 15.9 Å². The molecule has 1 aromatic carbocycles. The molecule has 0 aliphatic rings. The number of aliphatic hydroxyl groups excluding tert-OH is 1. The van der Waals surface area contributed by atoms with Crippen molar-refractivity contribution >= 4 is 15.9 Å². The Labute approximate surface area is 93.3 Å². The Balaban J connectivity index is 2.82. The average Bonchev–Trinajstić information content (AvgIpc) is 2.19. The fourth-order valence-electron chi connectivity index (χ4n) is 1.48. The van der Waals surface area contributed by atoms with Crippen molar-refractivity contribution in [3.63, 3.8) is 0 Å². The van der Waals surface area contributed by atoms with Crippen LogP contribution in [0.5, 0.6) is 0 Å². The van der Waals surface area contributed by atoms with Crippen LogP contribution in [0.25, 0.3) is 0 Å². The highest BCUT2D eigenvalue weighted by molar-refractivity contribution is 9.10. The molecule has 0 aromatic heterocycles. The molecule has 0 fully saturated rings. The van der Waals surface area contributed by atoms with E-state index in [2.05, 4.69) is 15.9 Å². The van der Waals surface area contributed by atoms with Gasteiger partial charge in [0.2, 0.25) is 0 Å². The van der Waals surface area contributed by atoms with Crippen molar-refractivity contribution in [1.82, 2.24) is 0 Å². The predicted octanol–water partition coefficient (Wildman–Crippen LogP) is 2.47. The van der Waals surface area contributed by atoms with Crippen molar-refractivity contribution in [2.75, 3.05) is 6.61 Å². The van der Waals surface area contributed by atoms with Crippen molar-refractivity contribution in [2.24, 2.45) is 11.7 Å². The van der Waals surface area contributed by atoms with Crippen LogP contribution in [0.15, 0.2) is 28.7 Å². The minimum absolute atomic E-state index is 0.0810. The standard InChI is InChI=1S/C11H16BrNO/c1-2-8(7-14)11(13)9-4-3-5-10(12)6-9/h3-6,8,11,14H,2,7,13H2,1H3. The summed E-state index contributed by atoms with van der Waals surface area (Å²) in [6.45, 7) is 2.18. The third-order valence-electron chi connectivity index (χ3n) is 2.50. The van der Waals surface area contributed by atoms with E-state index in [1.165, 1.54) is 0 Å². The van der Waals surface area contributed by atoms with Crippen LogP contribution in [-0.2, 0) is 0 Å². The lowest BCUT2D eigenvalue weighted by Crippen LogP contribution is -2.23. The van der Waals surface area contributed by atoms with E-state index in [1.807, 2.05) is 31.2 Å². The molecular formula is C11H16BrNO. The largest absolute Gasteiger partial charge is 0.396 e. The highest BCUT2D eigenvalue weighted by Crippen LogP contribution is 2.24. The van der Waals surface area contributed by atoms with Crippen molar-refractivity contribution in [3.8, 4) is 0 Å². The molecule has 2 nitrogen and oxygen atoms in total. The van der Waals surface area contributed by atoms with E-state index in [9.17, 15) is 0 Å². The molecule has 2 unspecified atom stereocenters. The van der Waals surface area contributed by atoms with Gasteiger partial charge in [0.25, 0.3) is 0 Å². The SMILES string of the molecule is CCC(CO)C(N)c1cccc(Br)c1. The molecule has 0 bridgehead atoms. The first-order chi connectivity index (χ1) is 6.69. The van der Waals surface area contributed by atoms with Gasteiger partial charge in [0.15, 0.2) is 0 Å². The molecule has 3 heteroatoms. The molecule has 0 amide bonds. The summed E-state index contributed by atoms with van der Waals surface area (Å²) < 4.78 is 1.03. The Kier molecular flexibility index (Phi) is 4.58. The molecule has 0 heterocycles. The molecule has 78 valence electrons. The quantitative estimate of drug-likeness (QED) is 0.871. The van der Waals surface area contributed by atoms with E-state index in [0.717, 1.165) is 16.5 Å². The van der Waals surface area contributed by atoms with Gasteiger partial charge in [-0.05, 0) is 24.1 Å². The monoisotopic (exact) mass is 257 g/mol. The number of halogens is 1. The zero-order chi connectivity index (χ0) is 10.6. The van der Waals surface area contributed by atoms with Gasteiger partial charge in [-0.15, -0.1) is 0 Å². The second-order valence-corrected chi connectivity index (χ2v) is 4.35. The van der Waals surface area contributed by atoms with Crippen LogP contribution in [0.2, 0.25) is 0 Å². The van der Waals surface area contributed by atoms with E-state index in [4.69, 9.17) is 10.8 Å². The maximum Gasteiger partial charge on any atom is 0.0477 e. The molecule has 1 aromatic rings. The Hall–Kier alpha value is -0.380. The zero-order valence-electron chi connectivity index (χ0n) is 8.28. The predicted molar refractivity (Wildman–Crippen MR) is 61.9 cm³/mol. The van der Waals surface area contributed by atoms with Gasteiger partial charge in [-0.2, -0.15) is 0 Å². The Morgan fingerprint density at radius 3 is 2.71 bits per heavy atom. The summed E-state index contributed by atoms with van der Waals surface area (Å²) in [7, 11) is 0. The van der Waals surface area contributed by atoms with Gasteiger partial charge in [0.1, 0.15) is 0 Å². The van der Waals surface area contributed by atoms with Gasteiger partial charge in [-0.3, -0.25) is 0 Å². The van der Waals surface area contributed by atoms with Crippen LogP contribution in [0, 0.1) is 5.92 Å². The third-order valence-corrected chi connectivity index (χ3v) is 2.99. The Morgan fingerprint density at radius 2 is 2.21 bits per heavy atom. The summed E-state index contributed by atoms with van der Waals surface area (Å²) in [6, 6.07) is 7.85. The molecule has 3 N–H and O–H groups in total. The molecule has 1 rings (SSSR count). The minimum Gasteiger partial charge on any atom is -0.396 e. The molecule has 0 aliphatic heterocycles. The normalized spacial score (nSPS) is 15.1. The van der Waals surface area contributed by atoms with E-state index in [1.54, 1.807) is 0 Å². The molecule has 0 spiro atoms. The molecule has 14 heavy (non-hydrogen) atoms. The minimum atomic E-state index is -0.0810. The highest BCUT2D eigenvalue weighted by Gasteiger charge is 2.16. The van der Waals surface area contributed by atoms with Gasteiger partial charge in [0.05, 0.1) is 0 Å². The van der Waals surface area contributed by atoms with Crippen LogP contribution in [0.1, 0.15) is 24.9 Å². The highest BCUT2D eigenvalue weighted by atomic mass is 79.9. The third kappa shape index (κ3) is 2.80.